The van der Waals surface area contributed by atoms with Crippen LogP contribution in [-0.2, 0) is 0 Å². The molecule has 0 spiro atoms. The molecule has 2 bridgehead atoms. The van der Waals surface area contributed by atoms with Crippen molar-refractivity contribution in [3.05, 3.63) is 0 Å². The monoisotopic (exact) mass is 138 g/mol. The average Bonchev–Trinajstić information content (AvgIpc) is 1.87. The molecule has 3 aliphatic rings. The van der Waals surface area contributed by atoms with E-state index < -0.39 is 0 Å². The van der Waals surface area contributed by atoms with Crippen LogP contribution in [-0.4, -0.2) is 0 Å². The number of rotatable bonds is 0. The van der Waals surface area contributed by atoms with Crippen molar-refractivity contribution in [3.63, 3.8) is 0 Å². The summed E-state index contributed by atoms with van der Waals surface area (Å²) in [6, 6.07) is 0. The molecule has 0 aromatic carbocycles. The maximum Gasteiger partial charge on any atom is -0.0323 e. The lowest BCUT2D eigenvalue weighted by molar-refractivity contribution is 0.0313. The molecule has 0 radical (unpaired) electrons. The van der Waals surface area contributed by atoms with Gasteiger partial charge in [0.15, 0.2) is 0 Å². The van der Waals surface area contributed by atoms with Crippen molar-refractivity contribution in [2.45, 2.75) is 46.0 Å². The minimum Gasteiger partial charge on any atom is -0.0596 e. The zero-order valence-corrected chi connectivity index (χ0v) is 7.19. The van der Waals surface area contributed by atoms with Crippen LogP contribution in [0.2, 0.25) is 0 Å². The largest absolute Gasteiger partial charge is 0.0596 e. The van der Waals surface area contributed by atoms with Crippen molar-refractivity contribution < 1.29 is 0 Å². The highest BCUT2D eigenvalue weighted by atomic mass is 14.5. The first kappa shape index (κ1) is 6.69. The first-order chi connectivity index (χ1) is 4.68. The van der Waals surface area contributed by atoms with Gasteiger partial charge in [0.25, 0.3) is 0 Å². The third-order valence-corrected chi connectivity index (χ3v) is 3.77. The summed E-state index contributed by atoms with van der Waals surface area (Å²) in [4.78, 5) is 0. The molecule has 0 N–H and O–H groups in total. The normalized spacial score (nSPS) is 43.8. The van der Waals surface area contributed by atoms with Gasteiger partial charge in [-0.2, -0.15) is 0 Å². The molecule has 0 amide bonds. The van der Waals surface area contributed by atoms with Crippen LogP contribution in [0.25, 0.3) is 0 Å². The quantitative estimate of drug-likeness (QED) is 0.482. The van der Waals surface area contributed by atoms with E-state index in [0.717, 1.165) is 11.8 Å². The molecule has 0 heterocycles. The summed E-state index contributed by atoms with van der Waals surface area (Å²) >= 11 is 0. The molecular formula is C10H18. The fraction of sp³-hybridized carbons (Fsp3) is 1.00. The standard InChI is InChI=1S/C10H18/c1-10(2)7-8-3-5-9(10)6-4-8/h8-9H,3-7H2,1-2H3. The highest BCUT2D eigenvalue weighted by Gasteiger charge is 2.40. The molecular weight excluding hydrogens is 120 g/mol. The molecule has 0 saturated heterocycles. The first-order valence-corrected chi connectivity index (χ1v) is 4.68. The Kier molecular flexibility index (Phi) is 1.33. The summed E-state index contributed by atoms with van der Waals surface area (Å²) in [5.74, 6) is 2.16. The zero-order chi connectivity index (χ0) is 7.19. The molecule has 0 aromatic rings. The zero-order valence-electron chi connectivity index (χ0n) is 7.19. The van der Waals surface area contributed by atoms with Crippen molar-refractivity contribution in [1.82, 2.24) is 0 Å². The topological polar surface area (TPSA) is 0 Å². The SMILES string of the molecule is CC1(C)CC2CCC1CC2. The Balaban J connectivity index is 2.15. The van der Waals surface area contributed by atoms with Gasteiger partial charge in [-0.25, -0.2) is 0 Å². The summed E-state index contributed by atoms with van der Waals surface area (Å²) in [6.45, 7) is 4.92. The van der Waals surface area contributed by atoms with Crippen LogP contribution in [0.3, 0.4) is 0 Å². The van der Waals surface area contributed by atoms with Gasteiger partial charge < -0.3 is 0 Å². The summed E-state index contributed by atoms with van der Waals surface area (Å²) in [6.07, 6.45) is 7.63. The van der Waals surface area contributed by atoms with Crippen LogP contribution in [0.15, 0.2) is 0 Å². The van der Waals surface area contributed by atoms with E-state index in [-0.39, 0.29) is 0 Å². The van der Waals surface area contributed by atoms with E-state index in [4.69, 9.17) is 0 Å². The van der Waals surface area contributed by atoms with Gasteiger partial charge in [0.05, 0.1) is 0 Å². The van der Waals surface area contributed by atoms with Crippen molar-refractivity contribution in [3.8, 4) is 0 Å². The van der Waals surface area contributed by atoms with E-state index >= 15 is 0 Å². The fourth-order valence-corrected chi connectivity index (χ4v) is 3.06. The maximum absolute atomic E-state index is 2.46. The molecule has 0 aliphatic heterocycles. The number of hydrogen-bond donors (Lipinski definition) is 0. The first-order valence-electron chi connectivity index (χ1n) is 4.68. The molecule has 0 nitrogen and oxygen atoms in total. The molecule has 58 valence electrons. The lowest BCUT2D eigenvalue weighted by Gasteiger charge is -2.48. The lowest BCUT2D eigenvalue weighted by Crippen LogP contribution is -2.37. The minimum atomic E-state index is 0.696. The number of hydrogen-bond acceptors (Lipinski definition) is 0. The van der Waals surface area contributed by atoms with E-state index in [2.05, 4.69) is 13.8 Å². The van der Waals surface area contributed by atoms with Gasteiger partial charge >= 0.3 is 0 Å². The van der Waals surface area contributed by atoms with Crippen LogP contribution in [0, 0.1) is 17.3 Å². The Hall–Kier alpha value is 0. The van der Waals surface area contributed by atoms with Crippen LogP contribution >= 0.6 is 0 Å². The highest BCUT2D eigenvalue weighted by molar-refractivity contribution is 4.91. The third-order valence-electron chi connectivity index (χ3n) is 3.77. The second kappa shape index (κ2) is 1.99. The number of fused-ring (bicyclic) bond motifs is 3. The summed E-state index contributed by atoms with van der Waals surface area (Å²) < 4.78 is 0. The van der Waals surface area contributed by atoms with Gasteiger partial charge in [0.2, 0.25) is 0 Å². The Morgan fingerprint density at radius 3 is 1.80 bits per heavy atom. The van der Waals surface area contributed by atoms with Crippen LogP contribution in [0.1, 0.15) is 46.0 Å². The lowest BCUT2D eigenvalue weighted by atomic mass is 9.58. The molecule has 3 saturated carbocycles. The van der Waals surface area contributed by atoms with Crippen molar-refractivity contribution >= 4 is 0 Å². The van der Waals surface area contributed by atoms with E-state index in [9.17, 15) is 0 Å². The smallest absolute Gasteiger partial charge is 0.0323 e. The van der Waals surface area contributed by atoms with Crippen LogP contribution in [0.5, 0.6) is 0 Å². The van der Waals surface area contributed by atoms with Gasteiger partial charge in [-0.3, -0.25) is 0 Å². The second-order valence-corrected chi connectivity index (χ2v) is 4.91. The summed E-state index contributed by atoms with van der Waals surface area (Å²) in [7, 11) is 0. The molecule has 0 heteroatoms. The Bertz CT molecular complexity index is 127. The van der Waals surface area contributed by atoms with Crippen LogP contribution in [0.4, 0.5) is 0 Å². The van der Waals surface area contributed by atoms with E-state index in [1.165, 1.54) is 32.1 Å². The molecule has 0 aromatic heterocycles. The third kappa shape index (κ3) is 0.889. The highest BCUT2D eigenvalue weighted by Crippen LogP contribution is 2.51. The second-order valence-electron chi connectivity index (χ2n) is 4.91. The average molecular weight is 138 g/mol. The molecule has 3 fully saturated rings. The van der Waals surface area contributed by atoms with Crippen molar-refractivity contribution in [1.29, 1.82) is 0 Å². The molecule has 3 rings (SSSR count). The minimum absolute atomic E-state index is 0.696. The van der Waals surface area contributed by atoms with Gasteiger partial charge in [-0.05, 0) is 36.5 Å². The molecule has 0 atom stereocenters. The predicted octanol–water partition coefficient (Wildman–Crippen LogP) is 3.22. The maximum atomic E-state index is 2.46. The molecule has 10 heavy (non-hydrogen) atoms. The van der Waals surface area contributed by atoms with Crippen LogP contribution < -0.4 is 0 Å². The Labute approximate surface area is 64.0 Å². The van der Waals surface area contributed by atoms with Gasteiger partial charge in [-0.1, -0.05) is 26.7 Å². The van der Waals surface area contributed by atoms with Gasteiger partial charge in [-0.15, -0.1) is 0 Å². The van der Waals surface area contributed by atoms with Gasteiger partial charge in [0.1, 0.15) is 0 Å². The summed E-state index contributed by atoms with van der Waals surface area (Å²) in [5.41, 5.74) is 0.696. The molecule has 0 unspecified atom stereocenters. The predicted molar refractivity (Wildman–Crippen MR) is 43.8 cm³/mol. The van der Waals surface area contributed by atoms with Crippen molar-refractivity contribution in [2.75, 3.05) is 0 Å². The van der Waals surface area contributed by atoms with E-state index in [0.29, 0.717) is 5.41 Å². The summed E-state index contributed by atoms with van der Waals surface area (Å²) in [5, 5.41) is 0. The fourth-order valence-electron chi connectivity index (χ4n) is 3.06. The van der Waals surface area contributed by atoms with E-state index in [1.54, 1.807) is 0 Å². The Morgan fingerprint density at radius 2 is 1.60 bits per heavy atom. The van der Waals surface area contributed by atoms with Crippen molar-refractivity contribution in [2.24, 2.45) is 17.3 Å². The molecule has 3 aliphatic carbocycles. The Morgan fingerprint density at radius 1 is 1.00 bits per heavy atom. The van der Waals surface area contributed by atoms with E-state index in [1.807, 2.05) is 0 Å². The van der Waals surface area contributed by atoms with Gasteiger partial charge in [0, 0.05) is 0 Å².